The van der Waals surface area contributed by atoms with E-state index >= 15 is 0 Å². The van der Waals surface area contributed by atoms with E-state index in [1.807, 2.05) is 6.07 Å². The van der Waals surface area contributed by atoms with E-state index in [9.17, 15) is 9.90 Å². The molecule has 1 aliphatic heterocycles. The Labute approximate surface area is 145 Å². The van der Waals surface area contributed by atoms with Gasteiger partial charge < -0.3 is 36.5 Å². The molecule has 0 fully saturated rings. The molecule has 2 aromatic rings. The molecule has 7 N–H and O–H groups in total. The molecule has 1 amide bonds. The summed E-state index contributed by atoms with van der Waals surface area (Å²) < 4.78 is 4.78. The molecule has 9 heteroatoms. The number of hydrogen-bond acceptors (Lipinski definition) is 7. The summed E-state index contributed by atoms with van der Waals surface area (Å²) in [4.78, 5) is 19.7. The minimum atomic E-state index is -1.14. The SMILES string of the molecule is COC(O)Nc1ccc2c(c1)NC(=O)CCNC[C@H](N)c1ncc-2[nH]1. The predicted molar refractivity (Wildman–Crippen MR) is 93.7 cm³/mol. The maximum Gasteiger partial charge on any atom is 0.235 e. The van der Waals surface area contributed by atoms with Crippen LogP contribution in [0.3, 0.4) is 0 Å². The Balaban J connectivity index is 1.99. The van der Waals surface area contributed by atoms with Crippen LogP contribution in [-0.4, -0.2) is 47.6 Å². The summed E-state index contributed by atoms with van der Waals surface area (Å²) in [5.74, 6) is 0.560. The molecule has 25 heavy (non-hydrogen) atoms. The number of aromatic amines is 1. The van der Waals surface area contributed by atoms with Crippen molar-refractivity contribution in [1.82, 2.24) is 15.3 Å². The summed E-state index contributed by atoms with van der Waals surface area (Å²) in [6.45, 7) is 1.05. The Hall–Kier alpha value is -2.46. The first-order valence-corrected chi connectivity index (χ1v) is 7.99. The second kappa shape index (κ2) is 7.62. The number of methoxy groups -OCH3 is 1. The van der Waals surface area contributed by atoms with Crippen molar-refractivity contribution in [3.8, 4) is 11.3 Å². The number of nitrogens with two attached hydrogens (primary N) is 1. The molecule has 0 radical (unpaired) electrons. The monoisotopic (exact) mass is 346 g/mol. The number of imidazole rings is 1. The summed E-state index contributed by atoms with van der Waals surface area (Å²) in [5.41, 5.74) is 8.84. The van der Waals surface area contributed by atoms with Crippen molar-refractivity contribution in [2.75, 3.05) is 30.8 Å². The number of nitrogens with one attached hydrogen (secondary N) is 4. The molecular weight excluding hydrogens is 324 g/mol. The largest absolute Gasteiger partial charge is 0.351 e. The van der Waals surface area contributed by atoms with Gasteiger partial charge in [0, 0.05) is 37.9 Å². The fraction of sp³-hybridized carbons (Fsp3) is 0.375. The molecule has 9 nitrogen and oxygen atoms in total. The average Bonchev–Trinajstić information content (AvgIpc) is 3.08. The van der Waals surface area contributed by atoms with E-state index in [-0.39, 0.29) is 11.9 Å². The molecule has 0 saturated carbocycles. The smallest absolute Gasteiger partial charge is 0.235 e. The maximum absolute atomic E-state index is 12.2. The van der Waals surface area contributed by atoms with E-state index in [0.29, 0.717) is 36.7 Å². The van der Waals surface area contributed by atoms with E-state index in [1.54, 1.807) is 18.3 Å². The number of carbonyl (C=O) groups is 1. The fourth-order valence-electron chi connectivity index (χ4n) is 2.60. The normalized spacial score (nSPS) is 19.2. The Kier molecular flexibility index (Phi) is 5.29. The summed E-state index contributed by atoms with van der Waals surface area (Å²) in [6, 6.07) is 5.06. The second-order valence-electron chi connectivity index (χ2n) is 5.78. The van der Waals surface area contributed by atoms with E-state index in [0.717, 1.165) is 11.3 Å². The topological polar surface area (TPSA) is 137 Å². The number of nitrogens with zero attached hydrogens (tertiary/aromatic N) is 1. The standard InChI is InChI=1S/C16H22N6O3/c1-25-16(24)20-9-2-3-10-12(6-9)21-14(23)4-5-18-7-11(17)15-19-8-13(10)22-15/h2-3,6,8,11,16,18,20,24H,4-5,7,17H2,1H3,(H,19,22)(H,21,23)/t11-,16?/m0/s1. The molecule has 3 rings (SSSR count). The summed E-state index contributed by atoms with van der Waals surface area (Å²) in [5, 5.41) is 18.4. The molecule has 1 aromatic carbocycles. The highest BCUT2D eigenvalue weighted by Gasteiger charge is 2.16. The average molecular weight is 346 g/mol. The van der Waals surface area contributed by atoms with Gasteiger partial charge >= 0.3 is 0 Å². The van der Waals surface area contributed by atoms with E-state index in [2.05, 4.69) is 25.9 Å². The molecule has 0 aliphatic carbocycles. The maximum atomic E-state index is 12.2. The summed E-state index contributed by atoms with van der Waals surface area (Å²) >= 11 is 0. The van der Waals surface area contributed by atoms with Gasteiger partial charge in [-0.05, 0) is 18.2 Å². The molecule has 1 aliphatic rings. The highest BCUT2D eigenvalue weighted by molar-refractivity contribution is 5.96. The first-order chi connectivity index (χ1) is 12.1. The van der Waals surface area contributed by atoms with Crippen LogP contribution in [0.2, 0.25) is 0 Å². The molecule has 134 valence electrons. The Morgan fingerprint density at radius 1 is 1.48 bits per heavy atom. The number of carbonyl (C=O) groups excluding carboxylic acids is 1. The molecule has 2 heterocycles. The van der Waals surface area contributed by atoms with Gasteiger partial charge in [-0.25, -0.2) is 4.98 Å². The van der Waals surface area contributed by atoms with Gasteiger partial charge in [0.25, 0.3) is 0 Å². The Bertz CT molecular complexity index is 747. The van der Waals surface area contributed by atoms with Gasteiger partial charge in [-0.15, -0.1) is 0 Å². The zero-order valence-electron chi connectivity index (χ0n) is 13.9. The van der Waals surface area contributed by atoms with Crippen LogP contribution in [0.4, 0.5) is 11.4 Å². The number of anilines is 2. The predicted octanol–water partition coefficient (Wildman–Crippen LogP) is 0.343. The van der Waals surface area contributed by atoms with Gasteiger partial charge in [0.2, 0.25) is 12.3 Å². The van der Waals surface area contributed by atoms with Gasteiger partial charge in [0.1, 0.15) is 5.82 Å². The third-order valence-corrected chi connectivity index (χ3v) is 3.94. The lowest BCUT2D eigenvalue weighted by Crippen LogP contribution is -2.30. The first kappa shape index (κ1) is 17.4. The number of ether oxygens (including phenoxy) is 1. The van der Waals surface area contributed by atoms with Gasteiger partial charge in [-0.3, -0.25) is 4.79 Å². The lowest BCUT2D eigenvalue weighted by Gasteiger charge is -2.17. The van der Waals surface area contributed by atoms with Crippen LogP contribution in [0.1, 0.15) is 18.3 Å². The minimum absolute atomic E-state index is 0.118. The van der Waals surface area contributed by atoms with Crippen molar-refractivity contribution in [3.63, 3.8) is 0 Å². The second-order valence-corrected chi connectivity index (χ2v) is 5.78. The van der Waals surface area contributed by atoms with Crippen molar-refractivity contribution in [3.05, 3.63) is 30.2 Å². The van der Waals surface area contributed by atoms with Crippen molar-refractivity contribution in [1.29, 1.82) is 0 Å². The van der Waals surface area contributed by atoms with Crippen molar-refractivity contribution >= 4 is 17.3 Å². The molecule has 0 saturated heterocycles. The highest BCUT2D eigenvalue weighted by Crippen LogP contribution is 2.30. The fourth-order valence-corrected chi connectivity index (χ4v) is 2.60. The Morgan fingerprint density at radius 3 is 3.12 bits per heavy atom. The van der Waals surface area contributed by atoms with E-state index < -0.39 is 6.41 Å². The van der Waals surface area contributed by atoms with Crippen molar-refractivity contribution in [2.45, 2.75) is 18.9 Å². The van der Waals surface area contributed by atoms with E-state index in [1.165, 1.54) is 7.11 Å². The Morgan fingerprint density at radius 2 is 2.32 bits per heavy atom. The molecule has 2 bridgehead atoms. The highest BCUT2D eigenvalue weighted by atomic mass is 16.6. The van der Waals surface area contributed by atoms with Gasteiger partial charge in [0.15, 0.2) is 0 Å². The molecule has 1 unspecified atom stereocenters. The number of aliphatic hydroxyl groups is 1. The number of aliphatic hydroxyl groups excluding tert-OH is 1. The number of hydrogen-bond donors (Lipinski definition) is 6. The number of fused-ring (bicyclic) bond motifs is 4. The summed E-state index contributed by atoms with van der Waals surface area (Å²) in [7, 11) is 1.38. The van der Waals surface area contributed by atoms with Gasteiger partial charge in [-0.1, -0.05) is 0 Å². The van der Waals surface area contributed by atoms with Crippen LogP contribution in [0, 0.1) is 0 Å². The number of amides is 1. The number of H-pyrrole nitrogens is 1. The van der Waals surface area contributed by atoms with Crippen LogP contribution < -0.4 is 21.7 Å². The number of benzene rings is 1. The van der Waals surface area contributed by atoms with E-state index in [4.69, 9.17) is 10.5 Å². The zero-order chi connectivity index (χ0) is 17.8. The third-order valence-electron chi connectivity index (χ3n) is 3.94. The van der Waals surface area contributed by atoms with Gasteiger partial charge in [0.05, 0.1) is 23.6 Å². The van der Waals surface area contributed by atoms with Crippen molar-refractivity contribution < 1.29 is 14.6 Å². The minimum Gasteiger partial charge on any atom is -0.351 e. The number of rotatable bonds is 3. The first-order valence-electron chi connectivity index (χ1n) is 7.99. The molecular formula is C16H22N6O3. The van der Waals surface area contributed by atoms with Crippen LogP contribution >= 0.6 is 0 Å². The molecule has 1 aromatic heterocycles. The van der Waals surface area contributed by atoms with Crippen LogP contribution in [0.15, 0.2) is 24.4 Å². The number of aromatic nitrogens is 2. The van der Waals surface area contributed by atoms with Crippen LogP contribution in [0.5, 0.6) is 0 Å². The molecule has 2 atom stereocenters. The van der Waals surface area contributed by atoms with Crippen LogP contribution in [-0.2, 0) is 9.53 Å². The third kappa shape index (κ3) is 4.15. The lowest BCUT2D eigenvalue weighted by atomic mass is 10.1. The quantitative estimate of drug-likeness (QED) is 0.441. The van der Waals surface area contributed by atoms with Gasteiger partial charge in [-0.2, -0.15) is 0 Å². The molecule has 0 spiro atoms. The zero-order valence-corrected chi connectivity index (χ0v) is 13.9. The lowest BCUT2D eigenvalue weighted by molar-refractivity contribution is -0.116. The van der Waals surface area contributed by atoms with Crippen LogP contribution in [0.25, 0.3) is 11.3 Å². The van der Waals surface area contributed by atoms with Crippen molar-refractivity contribution in [2.24, 2.45) is 5.73 Å². The summed E-state index contributed by atoms with van der Waals surface area (Å²) in [6.07, 6.45) is 0.875.